The van der Waals surface area contributed by atoms with E-state index in [-0.39, 0.29) is 17.4 Å². The summed E-state index contributed by atoms with van der Waals surface area (Å²) in [6.45, 7) is 6.93. The number of hydrogen-bond donors (Lipinski definition) is 2. The average Bonchev–Trinajstić information content (AvgIpc) is 2.77. The average molecular weight is 276 g/mol. The zero-order valence-corrected chi connectivity index (χ0v) is 12.5. The van der Waals surface area contributed by atoms with Crippen molar-refractivity contribution in [2.75, 3.05) is 6.54 Å². The number of hydrogen-bond acceptors (Lipinski definition) is 3. The molecule has 0 fully saturated rings. The van der Waals surface area contributed by atoms with Gasteiger partial charge in [0.1, 0.15) is 5.75 Å². The Bertz CT molecular complexity index is 455. The minimum atomic E-state index is -0.422. The molecule has 20 heavy (non-hydrogen) atoms. The Kier molecular flexibility index (Phi) is 4.33. The molecule has 4 heteroatoms. The zero-order valence-electron chi connectivity index (χ0n) is 12.5. The third-order valence-electron chi connectivity index (χ3n) is 3.35. The Balaban J connectivity index is 1.80. The van der Waals surface area contributed by atoms with Gasteiger partial charge in [-0.05, 0) is 23.5 Å². The van der Waals surface area contributed by atoms with E-state index in [1.54, 1.807) is 0 Å². The van der Waals surface area contributed by atoms with E-state index in [0.29, 0.717) is 13.0 Å². The molecule has 1 aromatic carbocycles. The van der Waals surface area contributed by atoms with Crippen LogP contribution in [0.5, 0.6) is 5.75 Å². The lowest BCUT2D eigenvalue weighted by atomic mass is 9.88. The second-order valence-corrected chi connectivity index (χ2v) is 6.69. The van der Waals surface area contributed by atoms with Gasteiger partial charge in [-0.3, -0.25) is 4.79 Å². The van der Waals surface area contributed by atoms with Crippen molar-refractivity contribution in [3.05, 3.63) is 29.8 Å². The van der Waals surface area contributed by atoms with Gasteiger partial charge in [-0.15, -0.1) is 0 Å². The maximum atomic E-state index is 12.1. The van der Waals surface area contributed by atoms with Crippen molar-refractivity contribution < 1.29 is 9.53 Å². The van der Waals surface area contributed by atoms with Crippen molar-refractivity contribution >= 4 is 5.91 Å². The normalized spacial score (nSPS) is 19.1. The Morgan fingerprint density at radius 3 is 2.80 bits per heavy atom. The van der Waals surface area contributed by atoms with Gasteiger partial charge in [0.05, 0.1) is 0 Å². The number of benzene rings is 1. The van der Waals surface area contributed by atoms with Crippen molar-refractivity contribution in [3.63, 3.8) is 0 Å². The first-order valence-electron chi connectivity index (χ1n) is 7.13. The Labute approximate surface area is 120 Å². The number of fused-ring (bicyclic) bond motifs is 1. The summed E-state index contributed by atoms with van der Waals surface area (Å²) in [7, 11) is 0. The van der Waals surface area contributed by atoms with E-state index in [9.17, 15) is 4.79 Å². The number of carbonyl (C=O) groups is 1. The third-order valence-corrected chi connectivity index (χ3v) is 3.35. The van der Waals surface area contributed by atoms with Crippen LogP contribution in [0.4, 0.5) is 0 Å². The van der Waals surface area contributed by atoms with Crippen molar-refractivity contribution in [1.82, 2.24) is 5.32 Å². The highest BCUT2D eigenvalue weighted by Gasteiger charge is 2.28. The number of carbonyl (C=O) groups excluding carboxylic acids is 1. The fourth-order valence-corrected chi connectivity index (χ4v) is 2.53. The van der Waals surface area contributed by atoms with E-state index >= 15 is 0 Å². The summed E-state index contributed by atoms with van der Waals surface area (Å²) in [5.41, 5.74) is 7.30. The van der Waals surface area contributed by atoms with Gasteiger partial charge in [0.15, 0.2) is 6.10 Å². The van der Waals surface area contributed by atoms with Crippen molar-refractivity contribution in [2.24, 2.45) is 11.1 Å². The van der Waals surface area contributed by atoms with Crippen LogP contribution in [-0.2, 0) is 11.2 Å². The van der Waals surface area contributed by atoms with Crippen molar-refractivity contribution in [3.8, 4) is 5.75 Å². The van der Waals surface area contributed by atoms with Crippen LogP contribution < -0.4 is 15.8 Å². The quantitative estimate of drug-likeness (QED) is 0.882. The maximum Gasteiger partial charge on any atom is 0.261 e. The molecule has 2 rings (SSSR count). The fourth-order valence-electron chi connectivity index (χ4n) is 2.53. The zero-order chi connectivity index (χ0) is 14.8. The summed E-state index contributed by atoms with van der Waals surface area (Å²) in [4.78, 5) is 12.1. The molecule has 0 saturated carbocycles. The summed E-state index contributed by atoms with van der Waals surface area (Å²) >= 11 is 0. The Hall–Kier alpha value is -1.55. The minimum Gasteiger partial charge on any atom is -0.480 e. The molecule has 0 aromatic heterocycles. The lowest BCUT2D eigenvalue weighted by Crippen LogP contribution is -2.44. The molecule has 0 bridgehead atoms. The van der Waals surface area contributed by atoms with Crippen LogP contribution in [0.25, 0.3) is 0 Å². The van der Waals surface area contributed by atoms with Crippen LogP contribution in [0.15, 0.2) is 24.3 Å². The van der Waals surface area contributed by atoms with Gasteiger partial charge in [-0.25, -0.2) is 0 Å². The summed E-state index contributed by atoms with van der Waals surface area (Å²) < 4.78 is 5.65. The van der Waals surface area contributed by atoms with Crippen LogP contribution in [0.3, 0.4) is 0 Å². The topological polar surface area (TPSA) is 64.3 Å². The van der Waals surface area contributed by atoms with Gasteiger partial charge in [0.2, 0.25) is 0 Å². The van der Waals surface area contributed by atoms with Gasteiger partial charge in [-0.1, -0.05) is 39.0 Å². The standard InChI is InChI=1S/C16H24N2O2/c1-16(2,3)9-12(17)10-18-15(19)14-8-11-6-4-5-7-13(11)20-14/h4-7,12,14H,8-10,17H2,1-3H3,(H,18,19). The smallest absolute Gasteiger partial charge is 0.261 e. The summed E-state index contributed by atoms with van der Waals surface area (Å²) in [5.74, 6) is 0.734. The number of para-hydroxylation sites is 1. The molecule has 1 aromatic rings. The molecule has 0 spiro atoms. The highest BCUT2D eigenvalue weighted by atomic mass is 16.5. The van der Waals surface area contributed by atoms with Gasteiger partial charge in [0, 0.05) is 19.0 Å². The lowest BCUT2D eigenvalue weighted by Gasteiger charge is -2.23. The summed E-state index contributed by atoms with van der Waals surface area (Å²) in [6, 6.07) is 7.74. The van der Waals surface area contributed by atoms with Crippen LogP contribution in [0, 0.1) is 5.41 Å². The van der Waals surface area contributed by atoms with Crippen LogP contribution in [0.1, 0.15) is 32.8 Å². The first kappa shape index (κ1) is 14.9. The summed E-state index contributed by atoms with van der Waals surface area (Å²) in [5, 5.41) is 2.89. The van der Waals surface area contributed by atoms with E-state index in [4.69, 9.17) is 10.5 Å². The molecule has 1 aliphatic heterocycles. The van der Waals surface area contributed by atoms with E-state index in [1.807, 2.05) is 24.3 Å². The third kappa shape index (κ3) is 3.97. The van der Waals surface area contributed by atoms with Crippen molar-refractivity contribution in [1.29, 1.82) is 0 Å². The van der Waals surface area contributed by atoms with Crippen LogP contribution in [0.2, 0.25) is 0 Å². The van der Waals surface area contributed by atoms with Gasteiger partial charge in [-0.2, -0.15) is 0 Å². The van der Waals surface area contributed by atoms with Gasteiger partial charge < -0.3 is 15.8 Å². The molecule has 4 nitrogen and oxygen atoms in total. The van der Waals surface area contributed by atoms with Crippen LogP contribution in [-0.4, -0.2) is 24.6 Å². The second kappa shape index (κ2) is 5.83. The molecule has 0 radical (unpaired) electrons. The molecule has 1 heterocycles. The molecule has 110 valence electrons. The largest absolute Gasteiger partial charge is 0.480 e. The molecule has 2 unspecified atom stereocenters. The second-order valence-electron chi connectivity index (χ2n) is 6.69. The number of ether oxygens (including phenoxy) is 1. The predicted molar refractivity (Wildman–Crippen MR) is 79.6 cm³/mol. The maximum absolute atomic E-state index is 12.1. The Morgan fingerprint density at radius 2 is 2.15 bits per heavy atom. The minimum absolute atomic E-state index is 0.0253. The monoisotopic (exact) mass is 276 g/mol. The first-order valence-corrected chi connectivity index (χ1v) is 7.13. The molecule has 1 aliphatic rings. The van der Waals surface area contributed by atoms with Gasteiger partial charge in [0.25, 0.3) is 5.91 Å². The van der Waals surface area contributed by atoms with Crippen molar-refractivity contribution in [2.45, 2.75) is 45.8 Å². The number of amides is 1. The number of nitrogens with two attached hydrogens (primary N) is 1. The SMILES string of the molecule is CC(C)(C)CC(N)CNC(=O)C1Cc2ccccc2O1. The highest BCUT2D eigenvalue weighted by molar-refractivity contribution is 5.82. The first-order chi connectivity index (χ1) is 9.35. The molecule has 2 atom stereocenters. The molecular weight excluding hydrogens is 252 g/mol. The van der Waals surface area contributed by atoms with Gasteiger partial charge >= 0.3 is 0 Å². The van der Waals surface area contributed by atoms with Crippen LogP contribution >= 0.6 is 0 Å². The molecule has 3 N–H and O–H groups in total. The fraction of sp³-hybridized carbons (Fsp3) is 0.562. The number of rotatable bonds is 4. The highest BCUT2D eigenvalue weighted by Crippen LogP contribution is 2.28. The molecular formula is C16H24N2O2. The number of nitrogens with one attached hydrogen (secondary N) is 1. The molecule has 0 aliphatic carbocycles. The van der Waals surface area contributed by atoms with E-state index in [1.165, 1.54) is 0 Å². The summed E-state index contributed by atoms with van der Waals surface area (Å²) in [6.07, 6.45) is 1.09. The molecule has 1 amide bonds. The lowest BCUT2D eigenvalue weighted by molar-refractivity contribution is -0.127. The Morgan fingerprint density at radius 1 is 1.45 bits per heavy atom. The predicted octanol–water partition coefficient (Wildman–Crippen LogP) is 1.87. The van der Waals surface area contributed by atoms with E-state index in [0.717, 1.165) is 17.7 Å². The van der Waals surface area contributed by atoms with E-state index < -0.39 is 6.10 Å². The van der Waals surface area contributed by atoms with E-state index in [2.05, 4.69) is 26.1 Å². The molecule has 0 saturated heterocycles.